The number of aromatic nitrogens is 5. The molecule has 0 aromatic carbocycles. The number of nitrogens with one attached hydrogen (secondary N) is 2. The molecule has 17 heavy (non-hydrogen) atoms. The molecule has 0 bridgehead atoms. The van der Waals surface area contributed by atoms with Crippen LogP contribution < -0.4 is 0 Å². The second-order valence-electron chi connectivity index (χ2n) is 3.27. The van der Waals surface area contributed by atoms with Crippen molar-refractivity contribution in [2.24, 2.45) is 0 Å². The van der Waals surface area contributed by atoms with Crippen molar-refractivity contribution in [3.63, 3.8) is 0 Å². The Morgan fingerprint density at radius 2 is 2.41 bits per heavy atom. The molecular formula is C10H9N5S2. The Bertz CT molecular complexity index is 570. The molecule has 0 saturated carbocycles. The summed E-state index contributed by atoms with van der Waals surface area (Å²) in [5, 5.41) is 10.0. The second-order valence-corrected chi connectivity index (χ2v) is 5.18. The van der Waals surface area contributed by atoms with Gasteiger partial charge in [0, 0.05) is 12.4 Å². The van der Waals surface area contributed by atoms with Gasteiger partial charge in [-0.2, -0.15) is 5.10 Å². The molecule has 3 aromatic rings. The molecule has 0 saturated heterocycles. The first-order chi connectivity index (χ1) is 8.42. The highest BCUT2D eigenvalue weighted by Crippen LogP contribution is 2.22. The Hall–Kier alpha value is -1.60. The van der Waals surface area contributed by atoms with E-state index in [1.807, 2.05) is 17.5 Å². The molecule has 0 atom stereocenters. The SMILES string of the molecule is c1csc(-c2n[nH]c(CSc3ncc[nH]3)n2)c1. The molecule has 3 heterocycles. The summed E-state index contributed by atoms with van der Waals surface area (Å²) in [6, 6.07) is 4.00. The molecule has 3 aromatic heterocycles. The van der Waals surface area contributed by atoms with Crippen molar-refractivity contribution in [2.75, 3.05) is 0 Å². The first-order valence-corrected chi connectivity index (χ1v) is 6.86. The molecule has 0 aliphatic carbocycles. The van der Waals surface area contributed by atoms with Crippen molar-refractivity contribution in [2.45, 2.75) is 10.9 Å². The standard InChI is InChI=1S/C10H9N5S2/c1-2-7(16-5-1)9-13-8(14-15-9)6-17-10-11-3-4-12-10/h1-5H,6H2,(H,11,12)(H,13,14,15). The molecule has 0 fully saturated rings. The number of aromatic amines is 2. The average Bonchev–Trinajstić information content (AvgIpc) is 3.09. The zero-order chi connectivity index (χ0) is 11.5. The van der Waals surface area contributed by atoms with Gasteiger partial charge in [0.25, 0.3) is 0 Å². The third-order valence-corrected chi connectivity index (χ3v) is 3.87. The summed E-state index contributed by atoms with van der Waals surface area (Å²) in [7, 11) is 0. The predicted octanol–water partition coefficient (Wildman–Crippen LogP) is 2.55. The third kappa shape index (κ3) is 2.40. The Labute approximate surface area is 106 Å². The van der Waals surface area contributed by atoms with Gasteiger partial charge in [0.2, 0.25) is 0 Å². The van der Waals surface area contributed by atoms with Crippen LogP contribution >= 0.6 is 23.1 Å². The van der Waals surface area contributed by atoms with Gasteiger partial charge < -0.3 is 4.98 Å². The second kappa shape index (κ2) is 4.72. The van der Waals surface area contributed by atoms with E-state index in [4.69, 9.17) is 0 Å². The number of hydrogen-bond acceptors (Lipinski definition) is 5. The maximum absolute atomic E-state index is 4.43. The van der Waals surface area contributed by atoms with E-state index in [-0.39, 0.29) is 0 Å². The topological polar surface area (TPSA) is 70.2 Å². The van der Waals surface area contributed by atoms with E-state index in [1.54, 1.807) is 35.5 Å². The van der Waals surface area contributed by atoms with Crippen molar-refractivity contribution in [3.05, 3.63) is 35.7 Å². The number of thiophene rings is 1. The van der Waals surface area contributed by atoms with E-state index in [9.17, 15) is 0 Å². The zero-order valence-corrected chi connectivity index (χ0v) is 10.4. The first-order valence-electron chi connectivity index (χ1n) is 4.99. The summed E-state index contributed by atoms with van der Waals surface area (Å²) in [5.74, 6) is 2.34. The van der Waals surface area contributed by atoms with Gasteiger partial charge in [-0.15, -0.1) is 11.3 Å². The fourth-order valence-corrected chi connectivity index (χ4v) is 2.69. The molecule has 0 spiro atoms. The minimum Gasteiger partial charge on any atom is -0.340 e. The van der Waals surface area contributed by atoms with Crippen LogP contribution in [0.25, 0.3) is 10.7 Å². The molecule has 0 aliphatic rings. The monoisotopic (exact) mass is 263 g/mol. The van der Waals surface area contributed by atoms with Crippen LogP contribution in [0, 0.1) is 0 Å². The zero-order valence-electron chi connectivity index (χ0n) is 8.75. The summed E-state index contributed by atoms with van der Waals surface area (Å²) >= 11 is 3.23. The molecule has 0 aliphatic heterocycles. The lowest BCUT2D eigenvalue weighted by molar-refractivity contribution is 1.01. The molecule has 7 heteroatoms. The summed E-state index contributed by atoms with van der Waals surface area (Å²) < 4.78 is 0. The van der Waals surface area contributed by atoms with Gasteiger partial charge in [-0.25, -0.2) is 9.97 Å². The lowest BCUT2D eigenvalue weighted by atomic mass is 10.4. The van der Waals surface area contributed by atoms with Gasteiger partial charge in [-0.05, 0) is 11.4 Å². The Morgan fingerprint density at radius 3 is 3.18 bits per heavy atom. The van der Waals surface area contributed by atoms with Crippen molar-refractivity contribution in [1.82, 2.24) is 25.1 Å². The van der Waals surface area contributed by atoms with Gasteiger partial charge >= 0.3 is 0 Å². The minimum absolute atomic E-state index is 0.728. The molecule has 0 unspecified atom stereocenters. The van der Waals surface area contributed by atoms with Crippen LogP contribution in [0.3, 0.4) is 0 Å². The van der Waals surface area contributed by atoms with Crippen LogP contribution in [-0.2, 0) is 5.75 Å². The van der Waals surface area contributed by atoms with E-state index in [0.717, 1.165) is 27.4 Å². The van der Waals surface area contributed by atoms with E-state index < -0.39 is 0 Å². The maximum Gasteiger partial charge on any atom is 0.191 e. The Morgan fingerprint density at radius 1 is 1.41 bits per heavy atom. The normalized spacial score (nSPS) is 10.8. The van der Waals surface area contributed by atoms with E-state index in [2.05, 4.69) is 25.1 Å². The van der Waals surface area contributed by atoms with Crippen molar-refractivity contribution in [3.8, 4) is 10.7 Å². The number of hydrogen-bond donors (Lipinski definition) is 2. The summed E-state index contributed by atoms with van der Waals surface area (Å²) in [6.45, 7) is 0. The molecule has 5 nitrogen and oxygen atoms in total. The molecule has 0 radical (unpaired) electrons. The van der Waals surface area contributed by atoms with Crippen molar-refractivity contribution in [1.29, 1.82) is 0 Å². The van der Waals surface area contributed by atoms with Crippen molar-refractivity contribution >= 4 is 23.1 Å². The molecule has 3 rings (SSSR count). The highest BCUT2D eigenvalue weighted by Gasteiger charge is 2.07. The van der Waals surface area contributed by atoms with Crippen LogP contribution in [0.2, 0.25) is 0 Å². The van der Waals surface area contributed by atoms with Gasteiger partial charge in [0.15, 0.2) is 11.0 Å². The van der Waals surface area contributed by atoms with Crippen LogP contribution in [0.15, 0.2) is 35.1 Å². The number of nitrogens with zero attached hydrogens (tertiary/aromatic N) is 3. The third-order valence-electron chi connectivity index (χ3n) is 2.09. The largest absolute Gasteiger partial charge is 0.340 e. The van der Waals surface area contributed by atoms with E-state index in [1.165, 1.54) is 0 Å². The number of rotatable bonds is 4. The van der Waals surface area contributed by atoms with E-state index >= 15 is 0 Å². The van der Waals surface area contributed by atoms with Gasteiger partial charge in [0.1, 0.15) is 5.82 Å². The lowest BCUT2D eigenvalue weighted by Crippen LogP contribution is -1.84. The van der Waals surface area contributed by atoms with Gasteiger partial charge in [-0.1, -0.05) is 17.8 Å². The number of thioether (sulfide) groups is 1. The highest BCUT2D eigenvalue weighted by molar-refractivity contribution is 7.98. The Kier molecular flexibility index (Phi) is 2.93. The molecular weight excluding hydrogens is 254 g/mol. The smallest absolute Gasteiger partial charge is 0.191 e. The van der Waals surface area contributed by atoms with Gasteiger partial charge in [-0.3, -0.25) is 5.10 Å². The highest BCUT2D eigenvalue weighted by atomic mass is 32.2. The summed E-state index contributed by atoms with van der Waals surface area (Å²) in [6.07, 6.45) is 3.54. The maximum atomic E-state index is 4.43. The fourth-order valence-electron chi connectivity index (χ4n) is 1.34. The van der Waals surface area contributed by atoms with Crippen LogP contribution in [0.5, 0.6) is 0 Å². The van der Waals surface area contributed by atoms with E-state index in [0.29, 0.717) is 0 Å². The fraction of sp³-hybridized carbons (Fsp3) is 0.100. The quantitative estimate of drug-likeness (QED) is 0.710. The molecule has 86 valence electrons. The first kappa shape index (κ1) is 10.5. The van der Waals surface area contributed by atoms with Crippen LogP contribution in [0.1, 0.15) is 5.82 Å². The Balaban J connectivity index is 1.69. The molecule has 0 amide bonds. The lowest BCUT2D eigenvalue weighted by Gasteiger charge is -1.92. The van der Waals surface area contributed by atoms with Gasteiger partial charge in [0.05, 0.1) is 10.6 Å². The van der Waals surface area contributed by atoms with Crippen LogP contribution in [0.4, 0.5) is 0 Å². The predicted molar refractivity (Wildman–Crippen MR) is 67.8 cm³/mol. The summed E-state index contributed by atoms with van der Waals surface area (Å²) in [4.78, 5) is 12.7. The van der Waals surface area contributed by atoms with Crippen LogP contribution in [-0.4, -0.2) is 25.1 Å². The van der Waals surface area contributed by atoms with Crippen molar-refractivity contribution < 1.29 is 0 Å². The average molecular weight is 263 g/mol. The summed E-state index contributed by atoms with van der Waals surface area (Å²) in [5.41, 5.74) is 0. The number of H-pyrrole nitrogens is 2. The molecule has 2 N–H and O–H groups in total. The minimum atomic E-state index is 0.728. The number of imidazole rings is 1.